The van der Waals surface area contributed by atoms with Crippen LogP contribution in [0, 0.1) is 62.1 Å². The molecule has 0 aromatic carbocycles. The zero-order chi connectivity index (χ0) is 39.9. The summed E-state index contributed by atoms with van der Waals surface area (Å²) in [5, 5.41) is 13.3. The molecular weight excluding hydrogens is 675 g/mol. The maximum Gasteiger partial charge on any atom is 0.309 e. The summed E-state index contributed by atoms with van der Waals surface area (Å²) in [6, 6.07) is 0. The number of hydrogen-bond donors (Lipinski definition) is 2. The van der Waals surface area contributed by atoms with E-state index < -0.39 is 17.4 Å². The molecule has 1 aliphatic heterocycles. The monoisotopic (exact) mass is 752 g/mol. The van der Waals surface area contributed by atoms with Gasteiger partial charge in [0.2, 0.25) is 5.91 Å². The van der Waals surface area contributed by atoms with Gasteiger partial charge in [0.1, 0.15) is 6.10 Å². The molecule has 6 aliphatic rings. The lowest BCUT2D eigenvalue weighted by atomic mass is 9.32. The van der Waals surface area contributed by atoms with Crippen LogP contribution in [-0.2, 0) is 19.1 Å². The highest BCUT2D eigenvalue weighted by molar-refractivity contribution is 5.84. The summed E-state index contributed by atoms with van der Waals surface area (Å²) >= 11 is 0. The minimum atomic E-state index is -1.15. The van der Waals surface area contributed by atoms with Crippen LogP contribution in [0.15, 0.2) is 12.2 Å². The van der Waals surface area contributed by atoms with Gasteiger partial charge in [0, 0.05) is 43.7 Å². The second-order valence-corrected chi connectivity index (χ2v) is 22.1. The molecule has 1 saturated heterocycles. The normalized spacial score (nSPS) is 41.1. The first-order valence-corrected chi connectivity index (χ1v) is 21.8. The number of nitrogens with one attached hydrogen (secondary N) is 1. The van der Waals surface area contributed by atoms with Gasteiger partial charge in [-0.3, -0.25) is 19.3 Å². The Hall–Kier alpha value is -1.93. The van der Waals surface area contributed by atoms with E-state index >= 15 is 0 Å². The molecule has 2 N–H and O–H groups in total. The first-order chi connectivity index (χ1) is 25.0. The lowest BCUT2D eigenvalue weighted by molar-refractivity contribution is -0.249. The van der Waals surface area contributed by atoms with Crippen LogP contribution in [-0.4, -0.2) is 83.7 Å². The fourth-order valence-electron chi connectivity index (χ4n) is 14.7. The summed E-state index contributed by atoms with van der Waals surface area (Å²) in [7, 11) is 0. The SMILES string of the molecule is C=C(C)[C@@H]1CC[C@]2(C(=O)NC(C)(C)CN3CCN(CC)CC3)CC[C@]3(C)[C@H](CC[C@@H]4[C@@]5(C)CC[C@H](OC(=O)CC(C)(C)C(=O)O)C(C)(C)[C@@H]5CC[C@]43C)[C@@H]12. The average Bonchev–Trinajstić information content (AvgIpc) is 3.48. The van der Waals surface area contributed by atoms with Gasteiger partial charge >= 0.3 is 11.9 Å². The van der Waals surface area contributed by atoms with Gasteiger partial charge in [0.15, 0.2) is 0 Å². The van der Waals surface area contributed by atoms with Gasteiger partial charge in [-0.15, -0.1) is 0 Å². The number of fused-ring (bicyclic) bond motifs is 7. The summed E-state index contributed by atoms with van der Waals surface area (Å²) in [4.78, 5) is 44.9. The van der Waals surface area contributed by atoms with Crippen molar-refractivity contribution >= 4 is 17.8 Å². The molecule has 8 heteroatoms. The number of carboxylic acid groups (broad SMARTS) is 1. The van der Waals surface area contributed by atoms with E-state index in [9.17, 15) is 19.5 Å². The van der Waals surface area contributed by atoms with Crippen molar-refractivity contribution in [3.63, 3.8) is 0 Å². The zero-order valence-corrected chi connectivity index (χ0v) is 36.2. The lowest BCUT2D eigenvalue weighted by Crippen LogP contribution is -2.68. The minimum absolute atomic E-state index is 0.114. The topological polar surface area (TPSA) is 99.2 Å². The lowest BCUT2D eigenvalue weighted by Gasteiger charge is -2.73. The Bertz CT molecular complexity index is 1480. The van der Waals surface area contributed by atoms with E-state index in [2.05, 4.69) is 84.0 Å². The van der Waals surface area contributed by atoms with E-state index in [-0.39, 0.29) is 45.1 Å². The molecule has 0 radical (unpaired) electrons. The number of aliphatic carboxylic acids is 1. The Labute approximate surface area is 328 Å². The highest BCUT2D eigenvalue weighted by Gasteiger charge is 2.72. The number of ether oxygens (including phenoxy) is 1. The number of allylic oxidation sites excluding steroid dienone is 1. The minimum Gasteiger partial charge on any atom is -0.481 e. The average molecular weight is 752 g/mol. The van der Waals surface area contributed by atoms with Crippen molar-refractivity contribution in [2.24, 2.45) is 62.1 Å². The molecule has 10 atom stereocenters. The van der Waals surface area contributed by atoms with Crippen molar-refractivity contribution in [2.75, 3.05) is 39.3 Å². The number of rotatable bonds is 10. The summed E-state index contributed by atoms with van der Waals surface area (Å²) in [6.07, 6.45) is 10.2. The molecular formula is C46H77N3O5. The number of amides is 1. The predicted octanol–water partition coefficient (Wildman–Crippen LogP) is 8.59. The molecule has 0 aromatic rings. The Kier molecular flexibility index (Phi) is 10.9. The Morgan fingerprint density at radius 1 is 0.815 bits per heavy atom. The van der Waals surface area contributed by atoms with Crippen molar-refractivity contribution in [1.29, 1.82) is 0 Å². The van der Waals surface area contributed by atoms with Gasteiger partial charge < -0.3 is 20.1 Å². The molecule has 5 aliphatic carbocycles. The highest BCUT2D eigenvalue weighted by Crippen LogP contribution is 2.77. The standard InChI is InChI=1S/C46H77N3O5/c1-13-48-24-26-49(27-25-48)29-41(6,7)47-38(51)46-21-16-31(30(2)3)37(46)32-14-15-34-43(10)19-18-35(54-36(50)28-40(4,5)39(52)53)42(8,9)33(43)17-20-45(34,12)44(32,11)22-23-46/h31-35,37H,2,13-29H2,1,3-12H3,(H,47,51)(H,52,53)/t31-,32+,33-,34+,35-,37+,43-,44+,45+,46-/m0/s1. The number of carbonyl (C=O) groups excluding carboxylic acids is 2. The fraction of sp³-hybridized carbons (Fsp3) is 0.891. The molecule has 306 valence electrons. The highest BCUT2D eigenvalue weighted by atomic mass is 16.5. The molecule has 1 amide bonds. The van der Waals surface area contributed by atoms with E-state index in [1.54, 1.807) is 13.8 Å². The number of carbonyl (C=O) groups is 3. The van der Waals surface area contributed by atoms with Crippen molar-refractivity contribution in [2.45, 2.75) is 158 Å². The smallest absolute Gasteiger partial charge is 0.309 e. The maximum absolute atomic E-state index is 15.0. The summed E-state index contributed by atoms with van der Waals surface area (Å²) < 4.78 is 6.20. The van der Waals surface area contributed by atoms with Gasteiger partial charge in [0.25, 0.3) is 0 Å². The number of esters is 1. The third kappa shape index (κ3) is 6.71. The fourth-order valence-corrected chi connectivity index (χ4v) is 14.7. The van der Waals surface area contributed by atoms with Crippen molar-refractivity contribution < 1.29 is 24.2 Å². The van der Waals surface area contributed by atoms with Crippen LogP contribution in [0.25, 0.3) is 0 Å². The quantitative estimate of drug-likeness (QED) is 0.171. The first kappa shape index (κ1) is 41.7. The van der Waals surface area contributed by atoms with Crippen LogP contribution < -0.4 is 5.32 Å². The van der Waals surface area contributed by atoms with E-state index in [1.165, 1.54) is 12.0 Å². The van der Waals surface area contributed by atoms with Crippen LogP contribution in [0.4, 0.5) is 0 Å². The number of nitrogens with zero attached hydrogens (tertiary/aromatic N) is 2. The van der Waals surface area contributed by atoms with E-state index in [1.807, 2.05) is 0 Å². The van der Waals surface area contributed by atoms with Crippen LogP contribution in [0.2, 0.25) is 0 Å². The zero-order valence-electron chi connectivity index (χ0n) is 36.2. The number of piperazine rings is 1. The molecule has 8 nitrogen and oxygen atoms in total. The maximum atomic E-state index is 15.0. The van der Waals surface area contributed by atoms with E-state index in [0.29, 0.717) is 35.5 Å². The predicted molar refractivity (Wildman–Crippen MR) is 216 cm³/mol. The van der Waals surface area contributed by atoms with Crippen LogP contribution in [0.5, 0.6) is 0 Å². The molecule has 6 fully saturated rings. The largest absolute Gasteiger partial charge is 0.481 e. The third-order valence-corrected chi connectivity index (χ3v) is 17.9. The van der Waals surface area contributed by atoms with Crippen LogP contribution >= 0.6 is 0 Å². The van der Waals surface area contributed by atoms with Gasteiger partial charge in [0.05, 0.1) is 17.3 Å². The molecule has 1 heterocycles. The second-order valence-electron chi connectivity index (χ2n) is 22.1. The molecule has 5 saturated carbocycles. The molecule has 54 heavy (non-hydrogen) atoms. The number of hydrogen-bond acceptors (Lipinski definition) is 6. The Morgan fingerprint density at radius 3 is 2.07 bits per heavy atom. The van der Waals surface area contributed by atoms with E-state index in [0.717, 1.165) is 97.1 Å². The van der Waals surface area contributed by atoms with Gasteiger partial charge in [-0.25, -0.2) is 0 Å². The number of likely N-dealkylation sites (N-methyl/N-ethyl adjacent to an activating group) is 1. The van der Waals surface area contributed by atoms with Gasteiger partial charge in [-0.2, -0.15) is 0 Å². The van der Waals surface area contributed by atoms with Crippen molar-refractivity contribution in [3.05, 3.63) is 12.2 Å². The summed E-state index contributed by atoms with van der Waals surface area (Å²) in [5.74, 6) is 1.10. The molecule has 0 unspecified atom stereocenters. The van der Waals surface area contributed by atoms with E-state index in [4.69, 9.17) is 4.74 Å². The Morgan fingerprint density at radius 2 is 1.46 bits per heavy atom. The van der Waals surface area contributed by atoms with Crippen molar-refractivity contribution in [1.82, 2.24) is 15.1 Å². The summed E-state index contributed by atoms with van der Waals surface area (Å²) in [5.41, 5.74) is -0.330. The molecule has 6 rings (SSSR count). The first-order valence-electron chi connectivity index (χ1n) is 21.8. The van der Waals surface area contributed by atoms with Crippen LogP contribution in [0.1, 0.15) is 147 Å². The molecule has 0 aromatic heterocycles. The Balaban J connectivity index is 1.22. The van der Waals surface area contributed by atoms with Gasteiger partial charge in [-0.1, -0.05) is 53.7 Å². The number of carboxylic acids is 1. The molecule has 0 spiro atoms. The second kappa shape index (κ2) is 14.2. The summed E-state index contributed by atoms with van der Waals surface area (Å²) in [6.45, 7) is 35.5. The molecule has 0 bridgehead atoms. The van der Waals surface area contributed by atoms with Crippen LogP contribution in [0.3, 0.4) is 0 Å². The van der Waals surface area contributed by atoms with Gasteiger partial charge in [-0.05, 0) is 151 Å². The third-order valence-electron chi connectivity index (χ3n) is 17.9. The van der Waals surface area contributed by atoms with Crippen molar-refractivity contribution in [3.8, 4) is 0 Å².